The van der Waals surface area contributed by atoms with Crippen LogP contribution in [-0.4, -0.2) is 10.4 Å². The fourth-order valence-corrected chi connectivity index (χ4v) is 3.62. The molecule has 3 aromatic rings. The molecule has 2 N–H and O–H groups in total. The summed E-state index contributed by atoms with van der Waals surface area (Å²) >= 11 is 12.4. The average Bonchev–Trinajstić information content (AvgIpc) is 3.24. The number of rotatable bonds is 3. The summed E-state index contributed by atoms with van der Waals surface area (Å²) in [5.41, 5.74) is 2.46. The number of halogens is 2. The highest BCUT2D eigenvalue weighted by Gasteiger charge is 2.53. The molecule has 0 bridgehead atoms. The Labute approximate surface area is 155 Å². The third-order valence-electron chi connectivity index (χ3n) is 4.45. The Bertz CT molecular complexity index is 950. The Kier molecular flexibility index (Phi) is 4.06. The van der Waals surface area contributed by atoms with E-state index in [2.05, 4.69) is 10.6 Å². The molecular weight excluding hydrogens is 355 g/mol. The molecule has 0 radical (unpaired) electrons. The quantitative estimate of drug-likeness (QED) is 0.533. The molecule has 0 unspecified atom stereocenters. The fourth-order valence-electron chi connectivity index (χ4n) is 3.08. The van der Waals surface area contributed by atoms with E-state index in [-0.39, 0.29) is 11.9 Å². The van der Waals surface area contributed by atoms with Gasteiger partial charge in [-0.05, 0) is 29.5 Å². The van der Waals surface area contributed by atoms with Crippen molar-refractivity contribution in [3.63, 3.8) is 0 Å². The van der Waals surface area contributed by atoms with Gasteiger partial charge in [0.15, 0.2) is 0 Å². The largest absolute Gasteiger partial charge is 0.323 e. The van der Waals surface area contributed by atoms with E-state index in [4.69, 9.17) is 23.2 Å². The van der Waals surface area contributed by atoms with Gasteiger partial charge in [-0.1, -0.05) is 54.6 Å². The van der Waals surface area contributed by atoms with E-state index in [1.807, 2.05) is 66.7 Å². The van der Waals surface area contributed by atoms with Crippen molar-refractivity contribution in [3.8, 4) is 0 Å². The molecule has 25 heavy (non-hydrogen) atoms. The normalized spacial score (nSPS) is 17.9. The maximum Gasteiger partial charge on any atom is 0.323 e. The number of urea groups is 1. The zero-order chi connectivity index (χ0) is 17.4. The summed E-state index contributed by atoms with van der Waals surface area (Å²) in [6.07, 6.45) is 0.694. The maximum absolute atomic E-state index is 12.5. The number of amides is 2. The highest BCUT2D eigenvalue weighted by Crippen LogP contribution is 2.60. The first kappa shape index (κ1) is 16.2. The van der Waals surface area contributed by atoms with E-state index in [0.717, 1.165) is 27.7 Å². The van der Waals surface area contributed by atoms with Crippen molar-refractivity contribution in [3.05, 3.63) is 72.3 Å². The molecule has 126 valence electrons. The van der Waals surface area contributed by atoms with Crippen LogP contribution in [-0.2, 0) is 0 Å². The second-order valence-corrected chi connectivity index (χ2v) is 7.75. The van der Waals surface area contributed by atoms with Crippen molar-refractivity contribution >= 4 is 51.4 Å². The SMILES string of the molecule is O=C(Nc1ccccc1[C@@H]1CC1(Cl)Cl)Nc1cccc2ccccc12. The van der Waals surface area contributed by atoms with Crippen LogP contribution in [0.15, 0.2) is 66.7 Å². The monoisotopic (exact) mass is 370 g/mol. The summed E-state index contributed by atoms with van der Waals surface area (Å²) in [6.45, 7) is 0. The van der Waals surface area contributed by atoms with Crippen LogP contribution in [0.1, 0.15) is 17.9 Å². The van der Waals surface area contributed by atoms with Crippen LogP contribution in [0.3, 0.4) is 0 Å². The van der Waals surface area contributed by atoms with Gasteiger partial charge in [0, 0.05) is 17.0 Å². The highest BCUT2D eigenvalue weighted by molar-refractivity contribution is 6.51. The van der Waals surface area contributed by atoms with E-state index in [1.54, 1.807) is 0 Å². The first-order valence-electron chi connectivity index (χ1n) is 8.07. The lowest BCUT2D eigenvalue weighted by molar-refractivity contribution is 0.262. The smallest absolute Gasteiger partial charge is 0.307 e. The van der Waals surface area contributed by atoms with Crippen molar-refractivity contribution in [1.82, 2.24) is 0 Å². The topological polar surface area (TPSA) is 41.1 Å². The first-order chi connectivity index (χ1) is 12.0. The van der Waals surface area contributed by atoms with Gasteiger partial charge in [-0.3, -0.25) is 0 Å². The number of alkyl halides is 2. The van der Waals surface area contributed by atoms with Crippen LogP contribution < -0.4 is 10.6 Å². The summed E-state index contributed by atoms with van der Waals surface area (Å²) in [5, 5.41) is 7.91. The Balaban J connectivity index is 1.55. The standard InChI is InChI=1S/C20H16Cl2N2O/c21-20(22)12-16(20)15-9-3-4-10-18(15)24-19(25)23-17-11-5-7-13-6-1-2-8-14(13)17/h1-11,16H,12H2,(H2,23,24,25)/t16-/m0/s1. The summed E-state index contributed by atoms with van der Waals surface area (Å²) in [7, 11) is 0. The number of anilines is 2. The van der Waals surface area contributed by atoms with Crippen molar-refractivity contribution in [1.29, 1.82) is 0 Å². The van der Waals surface area contributed by atoms with E-state index in [0.29, 0.717) is 6.42 Å². The van der Waals surface area contributed by atoms with Crippen LogP contribution in [0, 0.1) is 0 Å². The lowest BCUT2D eigenvalue weighted by Crippen LogP contribution is -2.20. The molecule has 1 atom stereocenters. The van der Waals surface area contributed by atoms with Crippen molar-refractivity contribution in [2.24, 2.45) is 0 Å². The Morgan fingerprint density at radius 3 is 2.28 bits per heavy atom. The highest BCUT2D eigenvalue weighted by atomic mass is 35.5. The van der Waals surface area contributed by atoms with Crippen LogP contribution in [0.4, 0.5) is 16.2 Å². The summed E-state index contributed by atoms with van der Waals surface area (Å²) in [6, 6.07) is 21.1. The molecule has 2 amide bonds. The van der Waals surface area contributed by atoms with Crippen LogP contribution in [0.5, 0.6) is 0 Å². The van der Waals surface area contributed by atoms with Gasteiger partial charge in [-0.15, -0.1) is 23.2 Å². The fraction of sp³-hybridized carbons (Fsp3) is 0.150. The van der Waals surface area contributed by atoms with Gasteiger partial charge in [0.2, 0.25) is 0 Å². The number of benzene rings is 3. The van der Waals surface area contributed by atoms with E-state index < -0.39 is 4.33 Å². The molecule has 1 aliphatic carbocycles. The third-order valence-corrected chi connectivity index (χ3v) is 5.28. The van der Waals surface area contributed by atoms with E-state index >= 15 is 0 Å². The number of fused-ring (bicyclic) bond motifs is 1. The second-order valence-electron chi connectivity index (χ2n) is 6.21. The minimum absolute atomic E-state index is 0.0462. The van der Waals surface area contributed by atoms with E-state index in [1.165, 1.54) is 0 Å². The van der Waals surface area contributed by atoms with Crippen molar-refractivity contribution in [2.75, 3.05) is 10.6 Å². The number of nitrogens with one attached hydrogen (secondary N) is 2. The predicted octanol–water partition coefficient (Wildman–Crippen LogP) is 6.15. The third kappa shape index (κ3) is 3.30. The molecule has 3 nitrogen and oxygen atoms in total. The molecule has 0 saturated heterocycles. The number of hydrogen-bond donors (Lipinski definition) is 2. The predicted molar refractivity (Wildman–Crippen MR) is 105 cm³/mol. The lowest BCUT2D eigenvalue weighted by Gasteiger charge is -2.13. The minimum Gasteiger partial charge on any atom is -0.307 e. The van der Waals surface area contributed by atoms with Gasteiger partial charge in [0.1, 0.15) is 4.33 Å². The zero-order valence-corrected chi connectivity index (χ0v) is 14.8. The van der Waals surface area contributed by atoms with Gasteiger partial charge in [-0.2, -0.15) is 0 Å². The van der Waals surface area contributed by atoms with Crippen LogP contribution in [0.2, 0.25) is 0 Å². The Morgan fingerprint density at radius 1 is 0.880 bits per heavy atom. The number of hydrogen-bond acceptors (Lipinski definition) is 1. The molecule has 5 heteroatoms. The molecule has 0 spiro atoms. The molecule has 1 saturated carbocycles. The minimum atomic E-state index is -0.732. The molecular formula is C20H16Cl2N2O. The average molecular weight is 371 g/mol. The van der Waals surface area contributed by atoms with Gasteiger partial charge in [-0.25, -0.2) is 4.79 Å². The first-order valence-corrected chi connectivity index (χ1v) is 8.83. The number of carbonyl (C=O) groups excluding carboxylic acids is 1. The zero-order valence-electron chi connectivity index (χ0n) is 13.3. The number of carbonyl (C=O) groups is 1. The van der Waals surface area contributed by atoms with Crippen molar-refractivity contribution < 1.29 is 4.79 Å². The molecule has 0 heterocycles. The second kappa shape index (κ2) is 6.25. The molecule has 1 fully saturated rings. The summed E-state index contributed by atoms with van der Waals surface area (Å²) < 4.78 is -0.732. The summed E-state index contributed by atoms with van der Waals surface area (Å²) in [5.74, 6) is 0.0462. The van der Waals surface area contributed by atoms with Crippen LogP contribution >= 0.6 is 23.2 Å². The van der Waals surface area contributed by atoms with Gasteiger partial charge >= 0.3 is 6.03 Å². The van der Waals surface area contributed by atoms with Crippen LogP contribution in [0.25, 0.3) is 10.8 Å². The maximum atomic E-state index is 12.5. The van der Waals surface area contributed by atoms with Crippen molar-refractivity contribution in [2.45, 2.75) is 16.7 Å². The Hall–Kier alpha value is -2.23. The van der Waals surface area contributed by atoms with Gasteiger partial charge in [0.25, 0.3) is 0 Å². The van der Waals surface area contributed by atoms with E-state index in [9.17, 15) is 4.79 Å². The lowest BCUT2D eigenvalue weighted by atomic mass is 10.1. The molecule has 3 aromatic carbocycles. The molecule has 4 rings (SSSR count). The molecule has 1 aliphatic rings. The van der Waals surface area contributed by atoms with Gasteiger partial charge < -0.3 is 10.6 Å². The summed E-state index contributed by atoms with van der Waals surface area (Å²) in [4.78, 5) is 12.5. The van der Waals surface area contributed by atoms with Gasteiger partial charge in [0.05, 0.1) is 5.69 Å². The Morgan fingerprint density at radius 2 is 1.48 bits per heavy atom. The number of para-hydroxylation sites is 1. The molecule has 0 aliphatic heterocycles. The molecule has 0 aromatic heterocycles.